The molecular formula is C17H21N4O3+. The van der Waals surface area contributed by atoms with Crippen molar-refractivity contribution in [2.24, 2.45) is 7.05 Å². The molecule has 0 radical (unpaired) electrons. The summed E-state index contributed by atoms with van der Waals surface area (Å²) in [5.74, 6) is -0.119. The normalized spacial score (nSPS) is 20.0. The topological polar surface area (TPSA) is 81.6 Å². The van der Waals surface area contributed by atoms with Gasteiger partial charge in [0, 0.05) is 43.9 Å². The number of anilines is 1. The molecule has 2 aromatic rings. The number of non-ortho nitro benzene ring substituents is 1. The third-order valence-corrected chi connectivity index (χ3v) is 4.55. The van der Waals surface area contributed by atoms with Gasteiger partial charge in [0.2, 0.25) is 0 Å². The van der Waals surface area contributed by atoms with E-state index in [0.29, 0.717) is 18.3 Å². The molecule has 2 atom stereocenters. The van der Waals surface area contributed by atoms with E-state index in [0.717, 1.165) is 19.4 Å². The summed E-state index contributed by atoms with van der Waals surface area (Å²) in [6.07, 6.45) is 4.18. The molecule has 1 aliphatic heterocycles. The average molecular weight is 329 g/mol. The number of carbonyl (C=O) groups is 1. The number of benzene rings is 1. The molecule has 1 saturated heterocycles. The first-order chi connectivity index (χ1) is 11.5. The molecule has 1 unspecified atom stereocenters. The van der Waals surface area contributed by atoms with E-state index in [-0.39, 0.29) is 11.6 Å². The van der Waals surface area contributed by atoms with Gasteiger partial charge in [0.25, 0.3) is 11.6 Å². The minimum absolute atomic E-state index is 0.0250. The zero-order chi connectivity index (χ0) is 17.1. The molecule has 3 rings (SSSR count). The summed E-state index contributed by atoms with van der Waals surface area (Å²) in [4.78, 5) is 23.9. The van der Waals surface area contributed by atoms with E-state index in [1.165, 1.54) is 22.7 Å². The van der Waals surface area contributed by atoms with Crippen molar-refractivity contribution in [2.75, 3.05) is 18.4 Å². The summed E-state index contributed by atoms with van der Waals surface area (Å²) in [7, 11) is 2.02. The number of hydrogen-bond acceptors (Lipinski definition) is 3. The average Bonchev–Trinajstić information content (AvgIpc) is 3.15. The molecule has 0 spiro atoms. The van der Waals surface area contributed by atoms with Gasteiger partial charge in [-0.25, -0.2) is 0 Å². The molecule has 24 heavy (non-hydrogen) atoms. The number of likely N-dealkylation sites (tertiary alicyclic amines) is 1. The predicted octanol–water partition coefficient (Wildman–Crippen LogP) is 1.29. The van der Waals surface area contributed by atoms with Gasteiger partial charge in [-0.1, -0.05) is 6.07 Å². The molecule has 2 N–H and O–H groups in total. The third kappa shape index (κ3) is 3.46. The summed E-state index contributed by atoms with van der Waals surface area (Å²) in [5, 5.41) is 13.6. The largest absolute Gasteiger partial charge is 0.350 e. The van der Waals surface area contributed by atoms with Gasteiger partial charge < -0.3 is 14.8 Å². The van der Waals surface area contributed by atoms with Crippen LogP contribution in [0.1, 0.15) is 24.6 Å². The first kappa shape index (κ1) is 16.2. The van der Waals surface area contributed by atoms with Crippen molar-refractivity contribution >= 4 is 17.3 Å². The molecule has 1 amide bonds. The Morgan fingerprint density at radius 1 is 1.42 bits per heavy atom. The molecule has 0 saturated carbocycles. The molecule has 1 fully saturated rings. The van der Waals surface area contributed by atoms with Crippen LogP contribution in [-0.2, 0) is 11.8 Å². The Bertz CT molecular complexity index is 756. The zero-order valence-electron chi connectivity index (χ0n) is 13.6. The quantitative estimate of drug-likeness (QED) is 0.641. The van der Waals surface area contributed by atoms with Gasteiger partial charge in [-0.2, -0.15) is 0 Å². The smallest absolute Gasteiger partial charge is 0.279 e. The number of nitrogens with zero attached hydrogens (tertiary/aromatic N) is 2. The highest BCUT2D eigenvalue weighted by atomic mass is 16.6. The van der Waals surface area contributed by atoms with Crippen molar-refractivity contribution < 1.29 is 14.6 Å². The minimum Gasteiger partial charge on any atom is -0.350 e. The number of rotatable bonds is 5. The fourth-order valence-corrected chi connectivity index (χ4v) is 3.43. The third-order valence-electron chi connectivity index (χ3n) is 4.55. The van der Waals surface area contributed by atoms with Crippen molar-refractivity contribution in [1.82, 2.24) is 4.57 Å². The van der Waals surface area contributed by atoms with E-state index < -0.39 is 4.92 Å². The second kappa shape index (κ2) is 6.84. The second-order valence-corrected chi connectivity index (χ2v) is 6.18. The summed E-state index contributed by atoms with van der Waals surface area (Å²) in [5.41, 5.74) is 1.68. The van der Waals surface area contributed by atoms with Gasteiger partial charge in [-0.3, -0.25) is 14.9 Å². The van der Waals surface area contributed by atoms with Crippen LogP contribution in [-0.4, -0.2) is 28.5 Å². The predicted molar refractivity (Wildman–Crippen MR) is 89.8 cm³/mol. The Labute approximate surface area is 140 Å². The number of nitro groups is 1. The maximum Gasteiger partial charge on any atom is 0.279 e. The van der Waals surface area contributed by atoms with Gasteiger partial charge in [-0.05, 0) is 18.2 Å². The van der Waals surface area contributed by atoms with E-state index in [2.05, 4.69) is 16.0 Å². The summed E-state index contributed by atoms with van der Waals surface area (Å²) < 4.78 is 2.11. The van der Waals surface area contributed by atoms with Gasteiger partial charge in [-0.15, -0.1) is 0 Å². The Morgan fingerprint density at radius 2 is 2.25 bits per heavy atom. The van der Waals surface area contributed by atoms with Crippen molar-refractivity contribution in [1.29, 1.82) is 0 Å². The first-order valence-corrected chi connectivity index (χ1v) is 8.04. The van der Waals surface area contributed by atoms with Gasteiger partial charge >= 0.3 is 0 Å². The highest BCUT2D eigenvalue weighted by molar-refractivity contribution is 5.91. The van der Waals surface area contributed by atoms with Crippen molar-refractivity contribution in [3.8, 4) is 0 Å². The maximum absolute atomic E-state index is 12.3. The van der Waals surface area contributed by atoms with E-state index in [4.69, 9.17) is 0 Å². The monoisotopic (exact) mass is 329 g/mol. The first-order valence-electron chi connectivity index (χ1n) is 8.04. The van der Waals surface area contributed by atoms with Gasteiger partial charge in [0.15, 0.2) is 6.54 Å². The molecular weight excluding hydrogens is 308 g/mol. The number of hydrogen-bond donors (Lipinski definition) is 2. The number of aryl methyl sites for hydroxylation is 1. The number of nitro benzene ring substituents is 1. The molecule has 126 valence electrons. The van der Waals surface area contributed by atoms with E-state index >= 15 is 0 Å². The molecule has 1 aromatic heterocycles. The van der Waals surface area contributed by atoms with E-state index in [1.807, 2.05) is 19.3 Å². The van der Waals surface area contributed by atoms with Gasteiger partial charge in [0.1, 0.15) is 6.04 Å². The zero-order valence-corrected chi connectivity index (χ0v) is 13.6. The lowest BCUT2D eigenvalue weighted by atomic mass is 10.1. The van der Waals surface area contributed by atoms with Crippen LogP contribution in [0.2, 0.25) is 0 Å². The molecule has 7 nitrogen and oxygen atoms in total. The maximum atomic E-state index is 12.3. The molecule has 1 aliphatic rings. The number of aromatic nitrogens is 1. The molecule has 0 bridgehead atoms. The molecule has 2 heterocycles. The number of nitrogens with one attached hydrogen (secondary N) is 2. The number of quaternary nitrogens is 1. The van der Waals surface area contributed by atoms with Crippen molar-refractivity contribution in [3.63, 3.8) is 0 Å². The van der Waals surface area contributed by atoms with Crippen molar-refractivity contribution in [3.05, 3.63) is 58.4 Å². The highest BCUT2D eigenvalue weighted by Crippen LogP contribution is 2.19. The standard InChI is InChI=1S/C17H20N4O3/c1-19-9-3-7-15(19)16-8-4-10-20(16)12-17(22)18-13-5-2-6-14(11-13)21(23)24/h2-3,5-7,9,11,16H,4,8,10,12H2,1H3,(H,18,22)/p+1/t16-/m1/s1. The number of carbonyl (C=O) groups excluding carboxylic acids is 1. The summed E-state index contributed by atoms with van der Waals surface area (Å²) >= 11 is 0. The number of amides is 1. The lowest BCUT2D eigenvalue weighted by Crippen LogP contribution is -3.11. The van der Waals surface area contributed by atoms with Crippen LogP contribution in [0.25, 0.3) is 0 Å². The van der Waals surface area contributed by atoms with Crippen LogP contribution in [0, 0.1) is 10.1 Å². The lowest BCUT2D eigenvalue weighted by molar-refractivity contribution is -0.910. The van der Waals surface area contributed by atoms with Crippen LogP contribution >= 0.6 is 0 Å². The molecule has 1 aromatic carbocycles. The second-order valence-electron chi connectivity index (χ2n) is 6.18. The minimum atomic E-state index is -0.465. The molecule has 7 heteroatoms. The highest BCUT2D eigenvalue weighted by Gasteiger charge is 2.32. The van der Waals surface area contributed by atoms with Crippen LogP contribution in [0.4, 0.5) is 11.4 Å². The van der Waals surface area contributed by atoms with Gasteiger partial charge in [0.05, 0.1) is 17.2 Å². The Hall–Kier alpha value is -2.67. The van der Waals surface area contributed by atoms with E-state index in [1.54, 1.807) is 12.1 Å². The fourth-order valence-electron chi connectivity index (χ4n) is 3.43. The SMILES string of the molecule is Cn1cccc1[C@H]1CCC[NH+]1CC(=O)Nc1cccc([N+](=O)[O-])c1. The van der Waals surface area contributed by atoms with Crippen LogP contribution in [0.3, 0.4) is 0 Å². The van der Waals surface area contributed by atoms with Crippen LogP contribution in [0.15, 0.2) is 42.6 Å². The van der Waals surface area contributed by atoms with Crippen LogP contribution < -0.4 is 10.2 Å². The lowest BCUT2D eigenvalue weighted by Gasteiger charge is -2.21. The van der Waals surface area contributed by atoms with E-state index in [9.17, 15) is 14.9 Å². The Morgan fingerprint density at radius 3 is 2.96 bits per heavy atom. The fraction of sp³-hybridized carbons (Fsp3) is 0.353. The summed E-state index contributed by atoms with van der Waals surface area (Å²) in [6.45, 7) is 1.32. The molecule has 0 aliphatic carbocycles. The summed E-state index contributed by atoms with van der Waals surface area (Å²) in [6, 6.07) is 10.5. The Balaban J connectivity index is 1.65. The van der Waals surface area contributed by atoms with Crippen molar-refractivity contribution in [2.45, 2.75) is 18.9 Å². The van der Waals surface area contributed by atoms with Crippen LogP contribution in [0.5, 0.6) is 0 Å². The Kier molecular flexibility index (Phi) is 4.61.